The number of phenolic OH excluding ortho intramolecular Hbond substituents is 1. The molecule has 3 nitrogen and oxygen atoms in total. The van der Waals surface area contributed by atoms with Crippen LogP contribution in [0.25, 0.3) is 0 Å². The summed E-state index contributed by atoms with van der Waals surface area (Å²) in [4.78, 5) is 10.6. The highest BCUT2D eigenvalue weighted by molar-refractivity contribution is 5.72. The van der Waals surface area contributed by atoms with Crippen LogP contribution in [0.1, 0.15) is 24.5 Å². The Morgan fingerprint density at radius 2 is 2.25 bits per heavy atom. The van der Waals surface area contributed by atoms with E-state index in [1.165, 1.54) is 6.92 Å². The Hall–Kier alpha value is -1.95. The van der Waals surface area contributed by atoms with Crippen molar-refractivity contribution < 1.29 is 9.90 Å². The van der Waals surface area contributed by atoms with Gasteiger partial charge in [0.25, 0.3) is 0 Å². The maximum atomic E-state index is 10.6. The average molecular weight is 217 g/mol. The van der Waals surface area contributed by atoms with Crippen LogP contribution in [-0.4, -0.2) is 17.6 Å². The number of aromatic hydroxyl groups is 1. The van der Waals surface area contributed by atoms with Gasteiger partial charge in [0.2, 0.25) is 5.91 Å². The highest BCUT2D eigenvalue weighted by Crippen LogP contribution is 2.14. The van der Waals surface area contributed by atoms with Gasteiger partial charge in [0, 0.05) is 25.5 Å². The fraction of sp³-hybridized carbons (Fsp3) is 0.308. The topological polar surface area (TPSA) is 49.3 Å². The molecule has 0 saturated carbocycles. The molecule has 2 N–H and O–H groups in total. The van der Waals surface area contributed by atoms with Gasteiger partial charge in [-0.15, -0.1) is 0 Å². The van der Waals surface area contributed by atoms with Gasteiger partial charge in [0.1, 0.15) is 5.75 Å². The molecule has 0 spiro atoms. The molecule has 0 aliphatic heterocycles. The zero-order valence-corrected chi connectivity index (χ0v) is 9.50. The minimum Gasteiger partial charge on any atom is -0.508 e. The number of carbonyl (C=O) groups is 1. The van der Waals surface area contributed by atoms with Gasteiger partial charge in [-0.05, 0) is 30.7 Å². The Labute approximate surface area is 95.5 Å². The van der Waals surface area contributed by atoms with E-state index in [2.05, 4.69) is 17.2 Å². The molecule has 0 unspecified atom stereocenters. The van der Waals surface area contributed by atoms with Crippen molar-refractivity contribution in [1.82, 2.24) is 5.32 Å². The molecule has 1 rings (SSSR count). The highest BCUT2D eigenvalue weighted by Gasteiger charge is 1.95. The van der Waals surface area contributed by atoms with Gasteiger partial charge in [-0.2, -0.15) is 0 Å². The van der Waals surface area contributed by atoms with E-state index >= 15 is 0 Å². The molecule has 16 heavy (non-hydrogen) atoms. The summed E-state index contributed by atoms with van der Waals surface area (Å²) in [5.41, 5.74) is 1.85. The first-order chi connectivity index (χ1) is 7.59. The van der Waals surface area contributed by atoms with E-state index < -0.39 is 0 Å². The summed E-state index contributed by atoms with van der Waals surface area (Å²) in [5, 5.41) is 11.9. The van der Waals surface area contributed by atoms with Crippen LogP contribution in [0.2, 0.25) is 0 Å². The highest BCUT2D eigenvalue weighted by atomic mass is 16.3. The standard InChI is InChI=1S/C13H15NO2/c1-10-9-13(16)7-6-12(10)5-3-4-8-14-11(2)15/h6-7,9,16H,4,8H2,1-2H3,(H,14,15). The lowest BCUT2D eigenvalue weighted by atomic mass is 10.1. The maximum Gasteiger partial charge on any atom is 0.216 e. The monoisotopic (exact) mass is 217 g/mol. The number of amides is 1. The number of rotatable bonds is 2. The number of nitrogens with one attached hydrogen (secondary N) is 1. The predicted octanol–water partition coefficient (Wildman–Crippen LogP) is 1.58. The number of benzene rings is 1. The summed E-state index contributed by atoms with van der Waals surface area (Å²) in [6.45, 7) is 3.95. The molecule has 1 aromatic rings. The normalized spacial score (nSPS) is 9.12. The Balaban J connectivity index is 2.53. The van der Waals surface area contributed by atoms with Crippen molar-refractivity contribution >= 4 is 5.91 Å². The Morgan fingerprint density at radius 3 is 2.88 bits per heavy atom. The molecule has 0 fully saturated rings. The summed E-state index contributed by atoms with van der Waals surface area (Å²) in [6.07, 6.45) is 0.625. The van der Waals surface area contributed by atoms with E-state index in [0.717, 1.165) is 11.1 Å². The van der Waals surface area contributed by atoms with Crippen LogP contribution >= 0.6 is 0 Å². The number of hydrogen-bond donors (Lipinski definition) is 2. The fourth-order valence-electron chi connectivity index (χ4n) is 1.25. The van der Waals surface area contributed by atoms with Crippen molar-refractivity contribution in [2.75, 3.05) is 6.54 Å². The SMILES string of the molecule is CC(=O)NCCC#Cc1ccc(O)cc1C. The second kappa shape index (κ2) is 5.82. The molecular weight excluding hydrogens is 202 g/mol. The summed E-state index contributed by atoms with van der Waals surface area (Å²) >= 11 is 0. The molecule has 0 aromatic heterocycles. The first kappa shape index (κ1) is 12.1. The summed E-state index contributed by atoms with van der Waals surface area (Å²) < 4.78 is 0. The second-order valence-electron chi connectivity index (χ2n) is 3.53. The van der Waals surface area contributed by atoms with Crippen LogP contribution in [0, 0.1) is 18.8 Å². The second-order valence-corrected chi connectivity index (χ2v) is 3.53. The van der Waals surface area contributed by atoms with Crippen molar-refractivity contribution in [2.45, 2.75) is 20.3 Å². The van der Waals surface area contributed by atoms with Gasteiger partial charge in [0.05, 0.1) is 0 Å². The van der Waals surface area contributed by atoms with Gasteiger partial charge in [-0.1, -0.05) is 11.8 Å². The molecule has 0 saturated heterocycles. The largest absolute Gasteiger partial charge is 0.508 e. The lowest BCUT2D eigenvalue weighted by Gasteiger charge is -1.98. The number of carbonyl (C=O) groups excluding carboxylic acids is 1. The number of hydrogen-bond acceptors (Lipinski definition) is 2. The van der Waals surface area contributed by atoms with E-state index in [-0.39, 0.29) is 11.7 Å². The molecule has 0 radical (unpaired) electrons. The zero-order valence-electron chi connectivity index (χ0n) is 9.50. The maximum absolute atomic E-state index is 10.6. The molecule has 0 aliphatic carbocycles. The Kier molecular flexibility index (Phi) is 4.41. The summed E-state index contributed by atoms with van der Waals surface area (Å²) in [5.74, 6) is 6.18. The summed E-state index contributed by atoms with van der Waals surface area (Å²) in [6, 6.07) is 5.08. The quantitative estimate of drug-likeness (QED) is 0.583. The zero-order chi connectivity index (χ0) is 12.0. The van der Waals surface area contributed by atoms with Crippen LogP contribution in [-0.2, 0) is 4.79 Å². The smallest absolute Gasteiger partial charge is 0.216 e. The number of phenols is 1. The van der Waals surface area contributed by atoms with Crippen molar-refractivity contribution in [3.05, 3.63) is 29.3 Å². The molecule has 0 aliphatic rings. The molecular formula is C13H15NO2. The number of aryl methyl sites for hydroxylation is 1. The van der Waals surface area contributed by atoms with E-state index in [0.29, 0.717) is 13.0 Å². The van der Waals surface area contributed by atoms with Gasteiger partial charge in [0.15, 0.2) is 0 Å². The third-order valence-electron chi connectivity index (χ3n) is 2.06. The first-order valence-electron chi connectivity index (χ1n) is 5.12. The van der Waals surface area contributed by atoms with Gasteiger partial charge < -0.3 is 10.4 Å². The molecule has 0 atom stereocenters. The van der Waals surface area contributed by atoms with Gasteiger partial charge in [-0.25, -0.2) is 0 Å². The van der Waals surface area contributed by atoms with E-state index in [1.54, 1.807) is 18.2 Å². The van der Waals surface area contributed by atoms with E-state index in [4.69, 9.17) is 0 Å². The van der Waals surface area contributed by atoms with E-state index in [1.807, 2.05) is 6.92 Å². The lowest BCUT2D eigenvalue weighted by molar-refractivity contribution is -0.118. The first-order valence-corrected chi connectivity index (χ1v) is 5.12. The molecule has 0 heterocycles. The van der Waals surface area contributed by atoms with Crippen molar-refractivity contribution in [3.8, 4) is 17.6 Å². The van der Waals surface area contributed by atoms with Crippen molar-refractivity contribution in [1.29, 1.82) is 0 Å². The molecule has 84 valence electrons. The lowest BCUT2D eigenvalue weighted by Crippen LogP contribution is -2.20. The third-order valence-corrected chi connectivity index (χ3v) is 2.06. The third kappa shape index (κ3) is 4.05. The van der Waals surface area contributed by atoms with Gasteiger partial charge in [-0.3, -0.25) is 4.79 Å². The Bertz CT molecular complexity index is 441. The average Bonchev–Trinajstić information content (AvgIpc) is 2.20. The Morgan fingerprint density at radius 1 is 1.50 bits per heavy atom. The summed E-state index contributed by atoms with van der Waals surface area (Å²) in [7, 11) is 0. The van der Waals surface area contributed by atoms with Crippen LogP contribution in [0.3, 0.4) is 0 Å². The molecule has 3 heteroatoms. The van der Waals surface area contributed by atoms with Gasteiger partial charge >= 0.3 is 0 Å². The van der Waals surface area contributed by atoms with Crippen LogP contribution in [0.4, 0.5) is 0 Å². The van der Waals surface area contributed by atoms with Crippen molar-refractivity contribution in [2.24, 2.45) is 0 Å². The molecule has 0 bridgehead atoms. The van der Waals surface area contributed by atoms with Crippen LogP contribution < -0.4 is 5.32 Å². The van der Waals surface area contributed by atoms with Crippen LogP contribution in [0.15, 0.2) is 18.2 Å². The molecule has 1 amide bonds. The van der Waals surface area contributed by atoms with Crippen LogP contribution in [0.5, 0.6) is 5.75 Å². The van der Waals surface area contributed by atoms with Crippen molar-refractivity contribution in [3.63, 3.8) is 0 Å². The molecule has 1 aromatic carbocycles. The fourth-order valence-corrected chi connectivity index (χ4v) is 1.25. The minimum absolute atomic E-state index is 0.0392. The van der Waals surface area contributed by atoms with E-state index in [9.17, 15) is 9.90 Å². The minimum atomic E-state index is -0.0392. The predicted molar refractivity (Wildman–Crippen MR) is 63.0 cm³/mol.